The minimum absolute atomic E-state index is 0.0521. The highest BCUT2D eigenvalue weighted by Gasteiger charge is 2.34. The molecule has 10 heteroatoms. The maximum atomic E-state index is 14.0. The molecule has 0 N–H and O–H groups in total. The molecule has 0 saturated heterocycles. The molecule has 0 radical (unpaired) electrons. The number of hydrogen-bond acceptors (Lipinski definition) is 7. The second-order valence-corrected chi connectivity index (χ2v) is 11.0. The number of fused-ring (bicyclic) bond motifs is 2. The predicted molar refractivity (Wildman–Crippen MR) is 155 cm³/mol. The summed E-state index contributed by atoms with van der Waals surface area (Å²) >= 11 is 7.83. The highest BCUT2D eigenvalue weighted by Crippen LogP contribution is 2.34. The van der Waals surface area contributed by atoms with E-state index in [0.29, 0.717) is 32.2 Å². The molecule has 0 saturated carbocycles. The third kappa shape index (κ3) is 5.14. The number of para-hydroxylation sites is 1. The van der Waals surface area contributed by atoms with Crippen LogP contribution in [0.2, 0.25) is 5.02 Å². The van der Waals surface area contributed by atoms with Crippen LogP contribution in [0.25, 0.3) is 17.0 Å². The van der Waals surface area contributed by atoms with Crippen molar-refractivity contribution in [2.75, 3.05) is 6.61 Å². The van der Waals surface area contributed by atoms with Gasteiger partial charge in [-0.3, -0.25) is 14.2 Å². The highest BCUT2D eigenvalue weighted by molar-refractivity contribution is 7.07. The Morgan fingerprint density at radius 2 is 1.88 bits per heavy atom. The van der Waals surface area contributed by atoms with E-state index in [2.05, 4.69) is 4.99 Å². The second-order valence-electron chi connectivity index (χ2n) is 9.59. The zero-order valence-electron chi connectivity index (χ0n) is 22.5. The number of ether oxygens (including phenoxy) is 2. The molecule has 0 spiro atoms. The summed E-state index contributed by atoms with van der Waals surface area (Å²) in [6.07, 6.45) is 3.28. The van der Waals surface area contributed by atoms with Crippen LogP contribution in [0.3, 0.4) is 0 Å². The number of carbonyl (C=O) groups excluding carboxylic acids is 2. The largest absolute Gasteiger partial charge is 0.465 e. The van der Waals surface area contributed by atoms with Crippen LogP contribution >= 0.6 is 22.9 Å². The Morgan fingerprint density at radius 1 is 1.15 bits per heavy atom. The molecular weight excluding hydrogens is 550 g/mol. The van der Waals surface area contributed by atoms with Gasteiger partial charge in [0.15, 0.2) is 4.80 Å². The van der Waals surface area contributed by atoms with Crippen molar-refractivity contribution in [3.8, 4) is 0 Å². The first-order chi connectivity index (χ1) is 19.2. The molecular formula is C30H28ClN3O5S. The molecule has 1 aliphatic rings. The number of esters is 2. The maximum Gasteiger partial charge on any atom is 0.338 e. The number of carbonyl (C=O) groups is 2. The third-order valence-electron chi connectivity index (χ3n) is 6.49. The van der Waals surface area contributed by atoms with E-state index in [1.165, 1.54) is 15.9 Å². The number of benzene rings is 2. The maximum absolute atomic E-state index is 14.0. The van der Waals surface area contributed by atoms with Gasteiger partial charge in [0.05, 0.1) is 28.5 Å². The first-order valence-electron chi connectivity index (χ1n) is 12.9. The van der Waals surface area contributed by atoms with Gasteiger partial charge in [0.1, 0.15) is 12.6 Å². The molecule has 4 aromatic rings. The summed E-state index contributed by atoms with van der Waals surface area (Å²) in [6, 6.07) is 14.0. The van der Waals surface area contributed by atoms with E-state index in [9.17, 15) is 14.4 Å². The minimum atomic E-state index is -0.802. The van der Waals surface area contributed by atoms with E-state index in [0.717, 1.165) is 16.5 Å². The van der Waals surface area contributed by atoms with E-state index in [1.54, 1.807) is 52.0 Å². The normalized spacial score (nSPS) is 15.3. The Bertz CT molecular complexity index is 1850. The molecule has 40 heavy (non-hydrogen) atoms. The van der Waals surface area contributed by atoms with Crippen LogP contribution in [0.1, 0.15) is 44.9 Å². The molecule has 0 fully saturated rings. The molecule has 0 amide bonds. The van der Waals surface area contributed by atoms with E-state index in [4.69, 9.17) is 21.1 Å². The molecule has 0 bridgehead atoms. The van der Waals surface area contributed by atoms with Crippen molar-refractivity contribution in [1.29, 1.82) is 0 Å². The number of aromatic nitrogens is 2. The number of hydrogen-bond donors (Lipinski definition) is 0. The van der Waals surface area contributed by atoms with Crippen LogP contribution < -0.4 is 14.9 Å². The lowest BCUT2D eigenvalue weighted by atomic mass is 9.96. The van der Waals surface area contributed by atoms with Crippen molar-refractivity contribution in [2.24, 2.45) is 4.99 Å². The summed E-state index contributed by atoms with van der Waals surface area (Å²) < 4.78 is 14.4. The number of allylic oxidation sites excluding steroid dienone is 1. The van der Waals surface area contributed by atoms with Gasteiger partial charge in [-0.05, 0) is 51.5 Å². The van der Waals surface area contributed by atoms with Gasteiger partial charge in [0.2, 0.25) is 0 Å². The zero-order valence-corrected chi connectivity index (χ0v) is 24.1. The molecule has 8 nitrogen and oxygen atoms in total. The van der Waals surface area contributed by atoms with Gasteiger partial charge in [-0.1, -0.05) is 59.3 Å². The average Bonchev–Trinajstić information content (AvgIpc) is 3.40. The number of halogens is 1. The van der Waals surface area contributed by atoms with Crippen molar-refractivity contribution >= 4 is 51.9 Å². The predicted octanol–water partition coefficient (Wildman–Crippen LogP) is 4.36. The van der Waals surface area contributed by atoms with Crippen LogP contribution in [0.5, 0.6) is 0 Å². The summed E-state index contributed by atoms with van der Waals surface area (Å²) in [5.74, 6) is -0.886. The molecule has 1 atom stereocenters. The molecule has 1 unspecified atom stereocenters. The minimum Gasteiger partial charge on any atom is -0.465 e. The van der Waals surface area contributed by atoms with E-state index >= 15 is 0 Å². The Morgan fingerprint density at radius 3 is 2.60 bits per heavy atom. The first kappa shape index (κ1) is 27.6. The molecule has 2 aromatic carbocycles. The monoisotopic (exact) mass is 577 g/mol. The fourth-order valence-electron chi connectivity index (χ4n) is 4.86. The first-order valence-corrected chi connectivity index (χ1v) is 14.1. The van der Waals surface area contributed by atoms with Crippen LogP contribution in [0, 0.1) is 0 Å². The average molecular weight is 578 g/mol. The number of nitrogens with zero attached hydrogens (tertiary/aromatic N) is 3. The summed E-state index contributed by atoms with van der Waals surface area (Å²) in [5.41, 5.74) is 2.65. The van der Waals surface area contributed by atoms with E-state index in [-0.39, 0.29) is 29.8 Å². The quantitative estimate of drug-likeness (QED) is 0.304. The van der Waals surface area contributed by atoms with Gasteiger partial charge < -0.3 is 14.0 Å². The third-order valence-corrected chi connectivity index (χ3v) is 7.82. The van der Waals surface area contributed by atoms with Crippen molar-refractivity contribution in [2.45, 2.75) is 46.4 Å². The summed E-state index contributed by atoms with van der Waals surface area (Å²) in [4.78, 5) is 44.6. The van der Waals surface area contributed by atoms with Crippen LogP contribution in [0.4, 0.5) is 0 Å². The zero-order chi connectivity index (χ0) is 28.6. The van der Waals surface area contributed by atoms with Gasteiger partial charge in [-0.2, -0.15) is 0 Å². The highest BCUT2D eigenvalue weighted by atomic mass is 35.5. The summed E-state index contributed by atoms with van der Waals surface area (Å²) in [6.45, 7) is 7.39. The molecule has 206 valence electrons. The smallest absolute Gasteiger partial charge is 0.338 e. The van der Waals surface area contributed by atoms with Gasteiger partial charge in [-0.25, -0.2) is 9.79 Å². The molecule has 0 aliphatic carbocycles. The van der Waals surface area contributed by atoms with Crippen LogP contribution in [-0.2, 0) is 25.6 Å². The Kier molecular flexibility index (Phi) is 7.78. The van der Waals surface area contributed by atoms with Crippen molar-refractivity contribution in [1.82, 2.24) is 9.13 Å². The molecule has 5 rings (SSSR count). The topological polar surface area (TPSA) is 91.9 Å². The SMILES string of the molecule is CCOC(=O)Cn1cc(C=c2sc3n(c2=O)C(c2ccccc2Cl)C(C(=O)OC(C)C)=C(C)N=3)c2ccccc21. The Balaban J connectivity index is 1.70. The second kappa shape index (κ2) is 11.3. The van der Waals surface area contributed by atoms with Gasteiger partial charge >= 0.3 is 11.9 Å². The lowest BCUT2D eigenvalue weighted by Crippen LogP contribution is -2.40. The lowest BCUT2D eigenvalue weighted by molar-refractivity contribution is -0.144. The van der Waals surface area contributed by atoms with Crippen molar-refractivity contribution in [3.05, 3.63) is 102 Å². The standard InChI is InChI=1S/C30H28ClN3O5S/c1-5-38-25(35)16-33-15-19(20-10-7-9-13-23(20)33)14-24-28(36)34-27(21-11-6-8-12-22(21)31)26(29(37)39-17(2)3)18(4)32-30(34)40-24/h6-15,17,27H,5,16H2,1-4H3. The van der Waals surface area contributed by atoms with Gasteiger partial charge in [-0.15, -0.1) is 0 Å². The fraction of sp³-hybridized carbons (Fsp3) is 0.267. The fourth-order valence-corrected chi connectivity index (χ4v) is 6.14. The Labute approximate surface area is 239 Å². The lowest BCUT2D eigenvalue weighted by Gasteiger charge is -2.26. The van der Waals surface area contributed by atoms with Gasteiger partial charge in [0.25, 0.3) is 5.56 Å². The van der Waals surface area contributed by atoms with Crippen LogP contribution in [0.15, 0.2) is 75.8 Å². The van der Waals surface area contributed by atoms with Crippen molar-refractivity contribution in [3.63, 3.8) is 0 Å². The van der Waals surface area contributed by atoms with E-state index < -0.39 is 12.0 Å². The summed E-state index contributed by atoms with van der Waals surface area (Å²) in [5, 5.41) is 1.31. The molecule has 2 aromatic heterocycles. The summed E-state index contributed by atoms with van der Waals surface area (Å²) in [7, 11) is 0. The van der Waals surface area contributed by atoms with Crippen LogP contribution in [-0.4, -0.2) is 33.8 Å². The Hall–Kier alpha value is -3.95. The van der Waals surface area contributed by atoms with Gasteiger partial charge in [0, 0.05) is 27.7 Å². The van der Waals surface area contributed by atoms with E-state index in [1.807, 2.05) is 41.1 Å². The molecule has 3 heterocycles. The molecule has 1 aliphatic heterocycles. The number of thiazole rings is 1. The number of rotatable bonds is 7. The van der Waals surface area contributed by atoms with Crippen molar-refractivity contribution < 1.29 is 19.1 Å².